The third-order valence-electron chi connectivity index (χ3n) is 3.13. The number of nitrogens with two attached hydrogens (primary N) is 1. The fourth-order valence-electron chi connectivity index (χ4n) is 2.15. The van der Waals surface area contributed by atoms with E-state index in [9.17, 15) is 13.2 Å². The van der Waals surface area contributed by atoms with Gasteiger partial charge in [-0.2, -0.15) is 18.5 Å². The molecule has 13 heteroatoms. The van der Waals surface area contributed by atoms with Gasteiger partial charge in [0.25, 0.3) is 5.96 Å². The van der Waals surface area contributed by atoms with Gasteiger partial charge in [0.2, 0.25) is 0 Å². The van der Waals surface area contributed by atoms with Crippen LogP contribution in [-0.4, -0.2) is 79.9 Å². The molecule has 0 aromatic heterocycles. The van der Waals surface area contributed by atoms with Crippen molar-refractivity contribution in [3.05, 3.63) is 0 Å². The summed E-state index contributed by atoms with van der Waals surface area (Å²) in [6, 6.07) is 0. The lowest BCUT2D eigenvalue weighted by Crippen LogP contribution is -2.54. The van der Waals surface area contributed by atoms with Crippen LogP contribution in [0.25, 0.3) is 0 Å². The minimum Gasteiger partial charge on any atom is -0.448 e. The normalized spacial score (nSPS) is 24.0. The van der Waals surface area contributed by atoms with E-state index in [0.717, 1.165) is 0 Å². The lowest BCUT2D eigenvalue weighted by atomic mass is 10.2. The van der Waals surface area contributed by atoms with Crippen molar-refractivity contribution < 1.29 is 31.5 Å². The van der Waals surface area contributed by atoms with E-state index >= 15 is 0 Å². The number of carbonyl (C=O) groups is 1. The molecule has 1 fully saturated rings. The number of amidine groups is 1. The van der Waals surface area contributed by atoms with Crippen LogP contribution >= 0.6 is 0 Å². The smallest absolute Gasteiger partial charge is 0.436 e. The molecule has 1 saturated heterocycles. The summed E-state index contributed by atoms with van der Waals surface area (Å²) < 4.78 is 45.1. The van der Waals surface area contributed by atoms with E-state index in [2.05, 4.69) is 19.0 Å². The average Bonchev–Trinajstić information content (AvgIpc) is 2.50. The summed E-state index contributed by atoms with van der Waals surface area (Å²) in [5, 5.41) is 0.552. The highest BCUT2D eigenvalue weighted by Crippen LogP contribution is 2.16. The molecular weight excluding hydrogens is 346 g/mol. The van der Waals surface area contributed by atoms with Crippen molar-refractivity contribution in [3.8, 4) is 0 Å². The fourth-order valence-corrected chi connectivity index (χ4v) is 2.53. The van der Waals surface area contributed by atoms with Crippen LogP contribution in [0.5, 0.6) is 0 Å². The highest BCUT2D eigenvalue weighted by Gasteiger charge is 2.33. The van der Waals surface area contributed by atoms with E-state index in [1.165, 1.54) is 0 Å². The largest absolute Gasteiger partial charge is 0.448 e. The van der Waals surface area contributed by atoms with Gasteiger partial charge >= 0.3 is 16.5 Å². The van der Waals surface area contributed by atoms with Gasteiger partial charge in [-0.1, -0.05) is 0 Å². The summed E-state index contributed by atoms with van der Waals surface area (Å²) >= 11 is 0. The topological polar surface area (TPSA) is 156 Å². The number of hydrogen-bond acceptors (Lipinski definition) is 8. The Morgan fingerprint density at radius 2 is 2.17 bits per heavy atom. The molecule has 0 spiro atoms. The third-order valence-corrected chi connectivity index (χ3v) is 3.48. The van der Waals surface area contributed by atoms with E-state index in [-0.39, 0.29) is 13.0 Å². The Labute approximate surface area is 138 Å². The molecule has 0 radical (unpaired) electrons. The molecule has 0 saturated carbocycles. The summed E-state index contributed by atoms with van der Waals surface area (Å²) in [6.07, 6.45) is -1.90. The molecule has 2 heterocycles. The molecule has 0 aliphatic carbocycles. The van der Waals surface area contributed by atoms with Crippen molar-refractivity contribution in [2.75, 3.05) is 32.9 Å². The predicted molar refractivity (Wildman–Crippen MR) is 81.3 cm³/mol. The van der Waals surface area contributed by atoms with Crippen molar-refractivity contribution in [1.29, 1.82) is 0 Å². The first-order valence-corrected chi connectivity index (χ1v) is 8.54. The summed E-state index contributed by atoms with van der Waals surface area (Å²) in [5.41, 5.74) is 5.88. The first-order chi connectivity index (χ1) is 11.3. The van der Waals surface area contributed by atoms with Gasteiger partial charge in [-0.25, -0.2) is 4.79 Å². The molecule has 0 bridgehead atoms. The standard InChI is InChI=1S/C11H19N5O7S/c1-2-22-11(17)14-10-13-9(15-3-5-21-6-4-15)7-8(12)16(10)23-24(18,19)20/h8H,2-7,12H2,1H3,(H,18,19,20). The maximum atomic E-state index is 11.6. The van der Waals surface area contributed by atoms with Crippen LogP contribution in [0, 0.1) is 0 Å². The maximum absolute atomic E-state index is 11.6. The molecule has 2 aliphatic rings. The summed E-state index contributed by atoms with van der Waals surface area (Å²) in [4.78, 5) is 21.1. The van der Waals surface area contributed by atoms with E-state index in [1.54, 1.807) is 6.92 Å². The third kappa shape index (κ3) is 5.10. The molecule has 1 amide bonds. The lowest BCUT2D eigenvalue weighted by molar-refractivity contribution is -0.0274. The number of morpholine rings is 1. The molecule has 1 unspecified atom stereocenters. The van der Waals surface area contributed by atoms with E-state index < -0.39 is 28.6 Å². The van der Waals surface area contributed by atoms with E-state index in [1.807, 2.05) is 4.90 Å². The fraction of sp³-hybridized carbons (Fsp3) is 0.727. The number of ether oxygens (including phenoxy) is 2. The zero-order chi connectivity index (χ0) is 17.7. The van der Waals surface area contributed by atoms with Crippen LogP contribution in [0.1, 0.15) is 13.3 Å². The summed E-state index contributed by atoms with van der Waals surface area (Å²) in [7, 11) is -4.87. The number of aliphatic imine (C=N–C) groups is 2. The average molecular weight is 365 g/mol. The molecule has 3 N–H and O–H groups in total. The van der Waals surface area contributed by atoms with Crippen LogP contribution in [0.3, 0.4) is 0 Å². The van der Waals surface area contributed by atoms with Crippen molar-refractivity contribution in [2.45, 2.75) is 19.5 Å². The predicted octanol–water partition coefficient (Wildman–Crippen LogP) is -1.05. The number of rotatable bonds is 3. The highest BCUT2D eigenvalue weighted by atomic mass is 32.3. The minimum absolute atomic E-state index is 0.0703. The first kappa shape index (κ1) is 18.5. The van der Waals surface area contributed by atoms with Gasteiger partial charge in [-0.05, 0) is 6.92 Å². The first-order valence-electron chi connectivity index (χ1n) is 7.17. The van der Waals surface area contributed by atoms with Gasteiger partial charge in [-0.3, -0.25) is 4.55 Å². The van der Waals surface area contributed by atoms with Crippen molar-refractivity contribution in [3.63, 3.8) is 0 Å². The Balaban J connectivity index is 2.31. The second-order valence-electron chi connectivity index (χ2n) is 4.84. The van der Waals surface area contributed by atoms with Crippen molar-refractivity contribution >= 4 is 28.3 Å². The molecule has 24 heavy (non-hydrogen) atoms. The second kappa shape index (κ2) is 7.85. The molecule has 1 atom stereocenters. The number of guanidine groups is 1. The van der Waals surface area contributed by atoms with E-state index in [0.29, 0.717) is 37.2 Å². The second-order valence-corrected chi connectivity index (χ2v) is 5.84. The monoisotopic (exact) mass is 365 g/mol. The zero-order valence-electron chi connectivity index (χ0n) is 13.0. The van der Waals surface area contributed by atoms with Crippen LogP contribution in [0.15, 0.2) is 9.98 Å². The zero-order valence-corrected chi connectivity index (χ0v) is 13.8. The van der Waals surface area contributed by atoms with Gasteiger partial charge in [0.15, 0.2) is 0 Å². The maximum Gasteiger partial charge on any atom is 0.436 e. The number of hydrogen-bond donors (Lipinski definition) is 2. The van der Waals surface area contributed by atoms with Crippen molar-refractivity contribution in [2.24, 2.45) is 15.7 Å². The molecule has 2 rings (SSSR count). The van der Waals surface area contributed by atoms with Gasteiger partial charge in [0.05, 0.1) is 19.8 Å². The molecule has 2 aliphatic heterocycles. The molecule has 0 aromatic rings. The SMILES string of the molecule is CCOC(=O)N=C1N=C(N2CCOCC2)CC(N)N1OS(=O)(=O)O. The van der Waals surface area contributed by atoms with Crippen LogP contribution in [-0.2, 0) is 24.2 Å². The number of amides is 1. The van der Waals surface area contributed by atoms with Gasteiger partial charge in [0, 0.05) is 19.5 Å². The Hall–Kier alpha value is -1.80. The quantitative estimate of drug-likeness (QED) is 0.592. The number of nitrogens with zero attached hydrogens (tertiary/aromatic N) is 4. The van der Waals surface area contributed by atoms with Gasteiger partial charge in [-0.15, -0.1) is 9.28 Å². The van der Waals surface area contributed by atoms with Crippen LogP contribution in [0.2, 0.25) is 0 Å². The van der Waals surface area contributed by atoms with Gasteiger partial charge in [0.1, 0.15) is 12.0 Å². The van der Waals surface area contributed by atoms with E-state index in [4.69, 9.17) is 15.0 Å². The van der Waals surface area contributed by atoms with Gasteiger partial charge < -0.3 is 20.1 Å². The molecule has 0 aromatic carbocycles. The number of carbonyl (C=O) groups excluding carboxylic acids is 1. The van der Waals surface area contributed by atoms with Crippen molar-refractivity contribution in [1.82, 2.24) is 9.96 Å². The molecular formula is C11H19N5O7S. The van der Waals surface area contributed by atoms with Crippen LogP contribution < -0.4 is 5.73 Å². The highest BCUT2D eigenvalue weighted by molar-refractivity contribution is 7.80. The Morgan fingerprint density at radius 3 is 2.75 bits per heavy atom. The number of hydroxylamine groups is 2. The summed E-state index contributed by atoms with van der Waals surface area (Å²) in [5.74, 6) is 0.0790. The van der Waals surface area contributed by atoms with Crippen LogP contribution in [0.4, 0.5) is 4.79 Å². The Morgan fingerprint density at radius 1 is 1.50 bits per heavy atom. The lowest BCUT2D eigenvalue weighted by Gasteiger charge is -2.36. The Kier molecular flexibility index (Phi) is 6.06. The summed E-state index contributed by atoms with van der Waals surface area (Å²) in [6.45, 7) is 3.79. The minimum atomic E-state index is -4.87. The molecule has 136 valence electrons. The molecule has 12 nitrogen and oxygen atoms in total. The Bertz CT molecular complexity index is 629.